The van der Waals surface area contributed by atoms with Crippen molar-refractivity contribution in [3.05, 3.63) is 33.9 Å². The highest BCUT2D eigenvalue weighted by atomic mass is 35.5. The van der Waals surface area contributed by atoms with Gasteiger partial charge in [-0.2, -0.15) is 0 Å². The van der Waals surface area contributed by atoms with Crippen LogP contribution in [0.3, 0.4) is 0 Å². The molecule has 0 atom stereocenters. The number of nitrogens with one attached hydrogen (secondary N) is 2. The van der Waals surface area contributed by atoms with Crippen molar-refractivity contribution >= 4 is 44.8 Å². The molecule has 0 radical (unpaired) electrons. The number of carbonyl (C=O) groups excluding carboxylic acids is 2. The lowest BCUT2D eigenvalue weighted by molar-refractivity contribution is -0.126. The molecular formula is C16H16ClFN2O2S. The van der Waals surface area contributed by atoms with E-state index >= 15 is 0 Å². The summed E-state index contributed by atoms with van der Waals surface area (Å²) in [6, 6.07) is 4.18. The third-order valence-electron chi connectivity index (χ3n) is 4.07. The van der Waals surface area contributed by atoms with Gasteiger partial charge in [0.15, 0.2) is 0 Å². The van der Waals surface area contributed by atoms with Gasteiger partial charge in [0.2, 0.25) is 5.91 Å². The number of fused-ring (bicyclic) bond motifs is 1. The Hall–Kier alpha value is -1.66. The minimum atomic E-state index is -0.485. The molecule has 0 spiro atoms. The molecule has 0 unspecified atom stereocenters. The van der Waals surface area contributed by atoms with Gasteiger partial charge in [0, 0.05) is 16.0 Å². The van der Waals surface area contributed by atoms with Crippen LogP contribution in [0.2, 0.25) is 5.02 Å². The zero-order valence-corrected chi connectivity index (χ0v) is 13.9. The molecule has 0 bridgehead atoms. The number of carbonyl (C=O) groups is 2. The van der Waals surface area contributed by atoms with E-state index in [1.54, 1.807) is 6.07 Å². The maximum atomic E-state index is 13.2. The van der Waals surface area contributed by atoms with Gasteiger partial charge < -0.3 is 0 Å². The van der Waals surface area contributed by atoms with Gasteiger partial charge in [-0.1, -0.05) is 30.9 Å². The molecule has 1 heterocycles. The van der Waals surface area contributed by atoms with Crippen LogP contribution in [0.15, 0.2) is 18.2 Å². The van der Waals surface area contributed by atoms with Gasteiger partial charge in [-0.05, 0) is 31.0 Å². The predicted octanol–water partition coefficient (Wildman–Crippen LogP) is 4.04. The van der Waals surface area contributed by atoms with Gasteiger partial charge in [-0.3, -0.25) is 20.4 Å². The number of rotatable bonds is 2. The number of hydrogen-bond donors (Lipinski definition) is 2. The number of hydrogen-bond acceptors (Lipinski definition) is 3. The molecule has 4 nitrogen and oxygen atoms in total. The summed E-state index contributed by atoms with van der Waals surface area (Å²) >= 11 is 7.28. The van der Waals surface area contributed by atoms with Crippen LogP contribution in [0, 0.1) is 11.7 Å². The van der Waals surface area contributed by atoms with Crippen LogP contribution in [-0.2, 0) is 4.79 Å². The predicted molar refractivity (Wildman–Crippen MR) is 89.0 cm³/mol. The Labute approximate surface area is 142 Å². The molecule has 7 heteroatoms. The number of halogens is 2. The smallest absolute Gasteiger partial charge is 0.273 e. The summed E-state index contributed by atoms with van der Waals surface area (Å²) in [5.41, 5.74) is 4.88. The molecular weight excluding hydrogens is 339 g/mol. The lowest BCUT2D eigenvalue weighted by Gasteiger charge is -2.20. The highest BCUT2D eigenvalue weighted by molar-refractivity contribution is 7.21. The highest BCUT2D eigenvalue weighted by Crippen LogP contribution is 2.35. The van der Waals surface area contributed by atoms with Crippen molar-refractivity contribution in [2.45, 2.75) is 32.1 Å². The molecule has 23 heavy (non-hydrogen) atoms. The second kappa shape index (κ2) is 6.84. The molecule has 1 aliphatic rings. The molecule has 1 saturated carbocycles. The van der Waals surface area contributed by atoms with Crippen LogP contribution < -0.4 is 10.9 Å². The van der Waals surface area contributed by atoms with Crippen LogP contribution >= 0.6 is 22.9 Å². The summed E-state index contributed by atoms with van der Waals surface area (Å²) in [5.74, 6) is -1.08. The number of benzene rings is 1. The monoisotopic (exact) mass is 354 g/mol. The Bertz CT molecular complexity index is 756. The summed E-state index contributed by atoms with van der Waals surface area (Å²) < 4.78 is 13.8. The van der Waals surface area contributed by atoms with E-state index in [1.807, 2.05) is 0 Å². The van der Waals surface area contributed by atoms with E-state index < -0.39 is 5.91 Å². The molecule has 122 valence electrons. The lowest BCUT2D eigenvalue weighted by Crippen LogP contribution is -2.44. The average Bonchev–Trinajstić information content (AvgIpc) is 2.89. The first-order valence-electron chi connectivity index (χ1n) is 7.54. The fourth-order valence-corrected chi connectivity index (χ4v) is 4.26. The molecule has 3 rings (SSSR count). The average molecular weight is 355 g/mol. The molecule has 1 aromatic heterocycles. The summed E-state index contributed by atoms with van der Waals surface area (Å²) in [6.07, 6.45) is 4.94. The summed E-state index contributed by atoms with van der Waals surface area (Å²) in [6.45, 7) is 0. The zero-order valence-electron chi connectivity index (χ0n) is 12.3. The van der Waals surface area contributed by atoms with Crippen molar-refractivity contribution in [1.82, 2.24) is 10.9 Å². The van der Waals surface area contributed by atoms with Crippen molar-refractivity contribution in [3.63, 3.8) is 0 Å². The number of amides is 2. The van der Waals surface area contributed by atoms with Crippen LogP contribution in [0.1, 0.15) is 41.8 Å². The van der Waals surface area contributed by atoms with Crippen LogP contribution in [-0.4, -0.2) is 11.8 Å². The Balaban J connectivity index is 1.68. The first kappa shape index (κ1) is 16.2. The van der Waals surface area contributed by atoms with Gasteiger partial charge in [-0.25, -0.2) is 4.39 Å². The normalized spacial score (nSPS) is 15.6. The second-order valence-corrected chi connectivity index (χ2v) is 7.09. The van der Waals surface area contributed by atoms with E-state index in [4.69, 9.17) is 11.6 Å². The number of hydrazine groups is 1. The molecule has 2 aromatic rings. The summed E-state index contributed by atoms with van der Waals surface area (Å²) in [5, 5.41) is 0.899. The maximum Gasteiger partial charge on any atom is 0.281 e. The molecule has 1 aliphatic carbocycles. The highest BCUT2D eigenvalue weighted by Gasteiger charge is 2.23. The van der Waals surface area contributed by atoms with E-state index in [2.05, 4.69) is 10.9 Å². The molecule has 1 fully saturated rings. The Morgan fingerprint density at radius 3 is 2.65 bits per heavy atom. The van der Waals surface area contributed by atoms with E-state index in [1.165, 1.54) is 12.1 Å². The fourth-order valence-electron chi connectivity index (χ4n) is 2.83. The van der Waals surface area contributed by atoms with Gasteiger partial charge in [0.1, 0.15) is 10.7 Å². The van der Waals surface area contributed by atoms with Gasteiger partial charge in [0.25, 0.3) is 5.91 Å². The molecule has 0 aliphatic heterocycles. The Morgan fingerprint density at radius 1 is 1.17 bits per heavy atom. The van der Waals surface area contributed by atoms with Crippen molar-refractivity contribution in [1.29, 1.82) is 0 Å². The summed E-state index contributed by atoms with van der Waals surface area (Å²) in [7, 11) is 0. The summed E-state index contributed by atoms with van der Waals surface area (Å²) in [4.78, 5) is 24.5. The molecule has 1 aromatic carbocycles. The fraction of sp³-hybridized carbons (Fsp3) is 0.375. The Kier molecular flexibility index (Phi) is 4.82. The third kappa shape index (κ3) is 3.48. The quantitative estimate of drug-likeness (QED) is 0.800. The standard InChI is InChI=1S/C16H16ClFN2O2S/c17-13-11-7-6-10(18)8-12(11)23-14(13)16(22)20-19-15(21)9-4-2-1-3-5-9/h6-9H,1-5H2,(H,19,21)(H,20,22). The zero-order chi connectivity index (χ0) is 16.4. The minimum absolute atomic E-state index is 0.0453. The first-order chi connectivity index (χ1) is 11.1. The van der Waals surface area contributed by atoms with Crippen LogP contribution in [0.25, 0.3) is 10.1 Å². The van der Waals surface area contributed by atoms with E-state index in [0.29, 0.717) is 10.1 Å². The van der Waals surface area contributed by atoms with Crippen molar-refractivity contribution in [2.75, 3.05) is 0 Å². The largest absolute Gasteiger partial charge is 0.281 e. The molecule has 0 saturated heterocycles. The minimum Gasteiger partial charge on any atom is -0.273 e. The molecule has 2 amide bonds. The van der Waals surface area contributed by atoms with Gasteiger partial charge in [0.05, 0.1) is 5.02 Å². The van der Waals surface area contributed by atoms with Crippen molar-refractivity contribution < 1.29 is 14.0 Å². The lowest BCUT2D eigenvalue weighted by atomic mass is 9.89. The Morgan fingerprint density at radius 2 is 1.91 bits per heavy atom. The second-order valence-electron chi connectivity index (χ2n) is 5.66. The van der Waals surface area contributed by atoms with Crippen LogP contribution in [0.5, 0.6) is 0 Å². The molecule has 2 N–H and O–H groups in total. The number of thiophene rings is 1. The third-order valence-corrected chi connectivity index (χ3v) is 5.73. The maximum absolute atomic E-state index is 13.2. The topological polar surface area (TPSA) is 58.2 Å². The van der Waals surface area contributed by atoms with Crippen LogP contribution in [0.4, 0.5) is 4.39 Å². The van der Waals surface area contributed by atoms with Crippen molar-refractivity contribution in [3.8, 4) is 0 Å². The van der Waals surface area contributed by atoms with E-state index in [0.717, 1.165) is 43.4 Å². The van der Waals surface area contributed by atoms with Crippen molar-refractivity contribution in [2.24, 2.45) is 5.92 Å². The van der Waals surface area contributed by atoms with E-state index in [-0.39, 0.29) is 27.5 Å². The van der Waals surface area contributed by atoms with Gasteiger partial charge in [-0.15, -0.1) is 11.3 Å². The van der Waals surface area contributed by atoms with E-state index in [9.17, 15) is 14.0 Å². The SMILES string of the molecule is O=C(NNC(=O)C1CCCCC1)c1sc2cc(F)ccc2c1Cl. The van der Waals surface area contributed by atoms with Gasteiger partial charge >= 0.3 is 0 Å². The first-order valence-corrected chi connectivity index (χ1v) is 8.73.